The summed E-state index contributed by atoms with van der Waals surface area (Å²) in [5, 5.41) is 7.12. The quantitative estimate of drug-likeness (QED) is 0.644. The number of aromatic amines is 1. The molecule has 33 heavy (non-hydrogen) atoms. The standard InChI is InChI=1S/C24H27N5O4/c1-16(2)18-15-19(27-26-18)24(31)29-12-11-28(3)23(30)17-7-6-10-25-22(17)33-21-9-5-4-8-20(21)32-14-13-29/h4-10,15-16H,11-14H2,1-3H3,(H,26,27). The Labute approximate surface area is 192 Å². The zero-order chi connectivity index (χ0) is 23.4. The first-order valence-corrected chi connectivity index (χ1v) is 10.9. The van der Waals surface area contributed by atoms with Crippen LogP contribution < -0.4 is 9.47 Å². The van der Waals surface area contributed by atoms with Crippen molar-refractivity contribution >= 4 is 11.8 Å². The maximum Gasteiger partial charge on any atom is 0.274 e. The van der Waals surface area contributed by atoms with Gasteiger partial charge in [0, 0.05) is 32.0 Å². The highest BCUT2D eigenvalue weighted by molar-refractivity contribution is 5.96. The van der Waals surface area contributed by atoms with E-state index in [1.807, 2.05) is 26.0 Å². The maximum absolute atomic E-state index is 13.2. The third-order valence-corrected chi connectivity index (χ3v) is 5.45. The Morgan fingerprint density at radius 1 is 1.09 bits per heavy atom. The van der Waals surface area contributed by atoms with Crippen LogP contribution in [0.5, 0.6) is 17.4 Å². The van der Waals surface area contributed by atoms with E-state index in [1.54, 1.807) is 53.4 Å². The molecule has 0 radical (unpaired) electrons. The predicted octanol–water partition coefficient (Wildman–Crippen LogP) is 3.33. The second kappa shape index (κ2) is 9.72. The monoisotopic (exact) mass is 449 g/mol. The second-order valence-electron chi connectivity index (χ2n) is 8.14. The molecule has 2 amide bonds. The minimum Gasteiger partial charge on any atom is -0.488 e. The summed E-state index contributed by atoms with van der Waals surface area (Å²) in [5.74, 6) is 0.915. The fourth-order valence-corrected chi connectivity index (χ4v) is 3.46. The van der Waals surface area contributed by atoms with Crippen molar-refractivity contribution in [3.8, 4) is 17.4 Å². The van der Waals surface area contributed by atoms with E-state index in [4.69, 9.17) is 9.47 Å². The van der Waals surface area contributed by atoms with Crippen LogP contribution in [0.25, 0.3) is 0 Å². The normalized spacial score (nSPS) is 14.8. The van der Waals surface area contributed by atoms with Crippen molar-refractivity contribution in [3.63, 3.8) is 0 Å². The number of aromatic nitrogens is 3. The van der Waals surface area contributed by atoms with E-state index in [0.29, 0.717) is 42.4 Å². The van der Waals surface area contributed by atoms with Gasteiger partial charge in [-0.2, -0.15) is 5.10 Å². The molecule has 2 aromatic heterocycles. The molecule has 0 saturated carbocycles. The molecular weight excluding hydrogens is 422 g/mol. The molecule has 0 saturated heterocycles. The lowest BCUT2D eigenvalue weighted by Gasteiger charge is -2.25. The Morgan fingerprint density at radius 3 is 2.64 bits per heavy atom. The number of H-pyrrole nitrogens is 1. The molecule has 0 unspecified atom stereocenters. The summed E-state index contributed by atoms with van der Waals surface area (Å²) in [6.45, 7) is 5.29. The van der Waals surface area contributed by atoms with Gasteiger partial charge in [0.05, 0.1) is 6.54 Å². The first-order valence-electron chi connectivity index (χ1n) is 10.9. The average Bonchev–Trinajstić information content (AvgIpc) is 3.32. The Balaban J connectivity index is 1.64. The molecule has 3 heterocycles. The minimum atomic E-state index is -0.245. The molecule has 172 valence electrons. The highest BCUT2D eigenvalue weighted by Gasteiger charge is 2.24. The van der Waals surface area contributed by atoms with Crippen LogP contribution in [0.2, 0.25) is 0 Å². The molecule has 1 N–H and O–H groups in total. The molecule has 3 aromatic rings. The number of carbonyl (C=O) groups is 2. The molecule has 1 aliphatic heterocycles. The van der Waals surface area contributed by atoms with Crippen LogP contribution in [0.15, 0.2) is 48.7 Å². The van der Waals surface area contributed by atoms with Crippen LogP contribution in [0, 0.1) is 0 Å². The highest BCUT2D eigenvalue weighted by atomic mass is 16.5. The van der Waals surface area contributed by atoms with Crippen molar-refractivity contribution in [1.29, 1.82) is 0 Å². The van der Waals surface area contributed by atoms with E-state index < -0.39 is 0 Å². The molecule has 0 spiro atoms. The number of nitrogens with one attached hydrogen (secondary N) is 1. The van der Waals surface area contributed by atoms with E-state index in [1.165, 1.54) is 0 Å². The zero-order valence-electron chi connectivity index (χ0n) is 18.9. The molecule has 9 nitrogen and oxygen atoms in total. The topological polar surface area (TPSA) is 101 Å². The lowest BCUT2D eigenvalue weighted by molar-refractivity contribution is 0.0665. The molecule has 1 aliphatic rings. The Morgan fingerprint density at radius 2 is 1.88 bits per heavy atom. The second-order valence-corrected chi connectivity index (χ2v) is 8.14. The van der Waals surface area contributed by atoms with Crippen molar-refractivity contribution in [2.45, 2.75) is 19.8 Å². The molecule has 0 atom stereocenters. The number of rotatable bonds is 2. The van der Waals surface area contributed by atoms with E-state index >= 15 is 0 Å². The number of carbonyl (C=O) groups excluding carboxylic acids is 2. The molecule has 0 bridgehead atoms. The van der Waals surface area contributed by atoms with Crippen molar-refractivity contribution in [2.75, 3.05) is 33.3 Å². The van der Waals surface area contributed by atoms with Gasteiger partial charge in [-0.15, -0.1) is 0 Å². The van der Waals surface area contributed by atoms with Gasteiger partial charge in [-0.05, 0) is 36.2 Å². The summed E-state index contributed by atoms with van der Waals surface area (Å²) >= 11 is 0. The fraction of sp³-hybridized carbons (Fsp3) is 0.333. The zero-order valence-corrected chi connectivity index (χ0v) is 18.9. The number of fused-ring (bicyclic) bond motifs is 2. The molecular formula is C24H27N5O4. The minimum absolute atomic E-state index is 0.204. The third-order valence-electron chi connectivity index (χ3n) is 5.45. The van der Waals surface area contributed by atoms with Crippen molar-refractivity contribution in [2.24, 2.45) is 0 Å². The van der Waals surface area contributed by atoms with Crippen molar-refractivity contribution < 1.29 is 19.1 Å². The summed E-state index contributed by atoms with van der Waals surface area (Å²) in [7, 11) is 1.69. The van der Waals surface area contributed by atoms with Gasteiger partial charge < -0.3 is 19.3 Å². The van der Waals surface area contributed by atoms with Gasteiger partial charge in [0.2, 0.25) is 5.88 Å². The average molecular weight is 450 g/mol. The van der Waals surface area contributed by atoms with E-state index in [0.717, 1.165) is 5.69 Å². The Hall–Kier alpha value is -3.88. The van der Waals surface area contributed by atoms with Crippen LogP contribution in [0.1, 0.15) is 46.3 Å². The van der Waals surface area contributed by atoms with Crippen molar-refractivity contribution in [1.82, 2.24) is 25.0 Å². The summed E-state index contributed by atoms with van der Waals surface area (Å²) in [5.41, 5.74) is 1.57. The Bertz CT molecular complexity index is 1140. The van der Waals surface area contributed by atoms with Gasteiger partial charge in [-0.3, -0.25) is 14.7 Å². The van der Waals surface area contributed by atoms with Crippen molar-refractivity contribution in [3.05, 3.63) is 65.6 Å². The van der Waals surface area contributed by atoms with Crippen LogP contribution in [-0.4, -0.2) is 70.1 Å². The van der Waals surface area contributed by atoms with E-state index in [2.05, 4.69) is 15.2 Å². The fourth-order valence-electron chi connectivity index (χ4n) is 3.46. The number of pyridine rings is 1. The summed E-state index contributed by atoms with van der Waals surface area (Å²) in [4.78, 5) is 33.8. The van der Waals surface area contributed by atoms with Gasteiger partial charge in [-0.25, -0.2) is 4.98 Å². The number of likely N-dealkylation sites (N-methyl/N-ethyl adjacent to an activating group) is 1. The number of amides is 2. The van der Waals surface area contributed by atoms with Crippen LogP contribution in [0.4, 0.5) is 0 Å². The van der Waals surface area contributed by atoms with E-state index in [-0.39, 0.29) is 30.2 Å². The van der Waals surface area contributed by atoms with E-state index in [9.17, 15) is 9.59 Å². The van der Waals surface area contributed by atoms with Crippen LogP contribution in [-0.2, 0) is 0 Å². The first-order chi connectivity index (χ1) is 15.9. The van der Waals surface area contributed by atoms with Gasteiger partial charge >= 0.3 is 0 Å². The molecule has 9 heteroatoms. The number of benzene rings is 1. The van der Waals surface area contributed by atoms with Crippen LogP contribution in [0.3, 0.4) is 0 Å². The number of para-hydroxylation sites is 2. The molecule has 4 rings (SSSR count). The van der Waals surface area contributed by atoms with Gasteiger partial charge in [-0.1, -0.05) is 26.0 Å². The van der Waals surface area contributed by atoms with Crippen LogP contribution >= 0.6 is 0 Å². The summed E-state index contributed by atoms with van der Waals surface area (Å²) in [6.07, 6.45) is 1.57. The summed E-state index contributed by atoms with van der Waals surface area (Å²) in [6, 6.07) is 12.3. The highest BCUT2D eigenvalue weighted by Crippen LogP contribution is 2.32. The third kappa shape index (κ3) is 4.97. The number of hydrogen-bond acceptors (Lipinski definition) is 6. The molecule has 1 aromatic carbocycles. The smallest absolute Gasteiger partial charge is 0.274 e. The predicted molar refractivity (Wildman–Crippen MR) is 122 cm³/mol. The lowest BCUT2D eigenvalue weighted by Crippen LogP contribution is -2.41. The molecule has 0 fully saturated rings. The largest absolute Gasteiger partial charge is 0.488 e. The Kier molecular flexibility index (Phi) is 6.58. The number of hydrogen-bond donors (Lipinski definition) is 1. The first kappa shape index (κ1) is 22.3. The van der Waals surface area contributed by atoms with Gasteiger partial charge in [0.15, 0.2) is 11.5 Å². The maximum atomic E-state index is 13.2. The van der Waals surface area contributed by atoms with Gasteiger partial charge in [0.25, 0.3) is 11.8 Å². The SMILES string of the molecule is CC(C)c1cc(C(=O)N2CCOc3ccccc3Oc3ncccc3C(=O)N(C)CC2)n[nH]1. The summed E-state index contributed by atoms with van der Waals surface area (Å²) < 4.78 is 11.9. The lowest BCUT2D eigenvalue weighted by atomic mass is 10.1. The number of ether oxygens (including phenoxy) is 2. The molecule has 0 aliphatic carbocycles. The number of nitrogens with zero attached hydrogens (tertiary/aromatic N) is 4. The van der Waals surface area contributed by atoms with Gasteiger partial charge in [0.1, 0.15) is 17.9 Å².